The molecule has 31 heavy (non-hydrogen) atoms. The lowest BCUT2D eigenvalue weighted by atomic mass is 10.0. The molecule has 1 fully saturated rings. The molecule has 0 saturated carbocycles. The van der Waals surface area contributed by atoms with E-state index in [1.165, 1.54) is 6.07 Å². The molecule has 0 spiro atoms. The van der Waals surface area contributed by atoms with E-state index in [1.54, 1.807) is 23.1 Å². The number of ether oxygens (including phenoxy) is 2. The van der Waals surface area contributed by atoms with Gasteiger partial charge in [0.15, 0.2) is 13.2 Å². The van der Waals surface area contributed by atoms with Crippen molar-refractivity contribution in [1.82, 2.24) is 4.90 Å². The second-order valence-electron chi connectivity index (χ2n) is 7.95. The summed E-state index contributed by atoms with van der Waals surface area (Å²) in [5.74, 6) is -0.136. The first-order valence-corrected chi connectivity index (χ1v) is 10.5. The van der Waals surface area contributed by atoms with E-state index < -0.39 is 5.97 Å². The molecule has 0 atom stereocenters. The van der Waals surface area contributed by atoms with E-state index in [-0.39, 0.29) is 24.9 Å². The van der Waals surface area contributed by atoms with Crippen LogP contribution in [0.15, 0.2) is 42.5 Å². The lowest BCUT2D eigenvalue weighted by Gasteiger charge is -2.36. The topological polar surface area (TPSA) is 59.1 Å². The first-order valence-electron chi connectivity index (χ1n) is 10.5. The van der Waals surface area contributed by atoms with Crippen molar-refractivity contribution in [3.8, 4) is 5.75 Å². The van der Waals surface area contributed by atoms with E-state index in [4.69, 9.17) is 9.47 Å². The first-order chi connectivity index (χ1) is 14.8. The van der Waals surface area contributed by atoms with Crippen molar-refractivity contribution in [3.63, 3.8) is 0 Å². The fourth-order valence-corrected chi connectivity index (χ4v) is 3.45. The molecule has 2 aromatic carbocycles. The molecule has 1 aliphatic heterocycles. The normalized spacial score (nSPS) is 14.0. The minimum absolute atomic E-state index is 0.253. The molecule has 0 unspecified atom stereocenters. The molecule has 1 amide bonds. The highest BCUT2D eigenvalue weighted by Crippen LogP contribution is 2.24. The van der Waals surface area contributed by atoms with E-state index in [1.807, 2.05) is 30.0 Å². The number of nitrogens with zero attached hydrogens (tertiary/aromatic N) is 2. The van der Waals surface area contributed by atoms with Gasteiger partial charge in [0.1, 0.15) is 11.6 Å². The van der Waals surface area contributed by atoms with Crippen LogP contribution >= 0.6 is 0 Å². The van der Waals surface area contributed by atoms with Crippen molar-refractivity contribution in [3.05, 3.63) is 59.4 Å². The molecule has 0 N–H and O–H groups in total. The van der Waals surface area contributed by atoms with E-state index in [9.17, 15) is 14.0 Å². The van der Waals surface area contributed by atoms with Crippen LogP contribution in [-0.2, 0) is 14.3 Å². The number of piperazine rings is 1. The van der Waals surface area contributed by atoms with E-state index in [2.05, 4.69) is 13.8 Å². The number of amides is 1. The van der Waals surface area contributed by atoms with Crippen molar-refractivity contribution in [2.45, 2.75) is 26.7 Å². The monoisotopic (exact) mass is 428 g/mol. The van der Waals surface area contributed by atoms with Gasteiger partial charge in [0.2, 0.25) is 0 Å². The SMILES string of the molecule is Cc1ccc(C(C)C)cc1OCC(=O)OCC(=O)N1CCN(c2ccccc2F)CC1. The van der Waals surface area contributed by atoms with Crippen molar-refractivity contribution >= 4 is 17.6 Å². The number of anilines is 1. The maximum absolute atomic E-state index is 13.9. The maximum Gasteiger partial charge on any atom is 0.344 e. The number of aryl methyl sites for hydroxylation is 1. The Balaban J connectivity index is 1.42. The molecule has 1 heterocycles. The third-order valence-corrected chi connectivity index (χ3v) is 5.41. The summed E-state index contributed by atoms with van der Waals surface area (Å²) >= 11 is 0. The first kappa shape index (κ1) is 22.6. The number of halogens is 1. The van der Waals surface area contributed by atoms with Crippen molar-refractivity contribution in [2.75, 3.05) is 44.3 Å². The number of benzene rings is 2. The summed E-state index contributed by atoms with van der Waals surface area (Å²) < 4.78 is 24.6. The van der Waals surface area contributed by atoms with Crippen molar-refractivity contribution in [2.24, 2.45) is 0 Å². The Kier molecular flexibility index (Phi) is 7.50. The quantitative estimate of drug-likeness (QED) is 0.632. The van der Waals surface area contributed by atoms with Gasteiger partial charge in [0, 0.05) is 26.2 Å². The van der Waals surface area contributed by atoms with Gasteiger partial charge in [-0.2, -0.15) is 0 Å². The Hall–Kier alpha value is -3.09. The van der Waals surface area contributed by atoms with Crippen LogP contribution in [0, 0.1) is 12.7 Å². The largest absolute Gasteiger partial charge is 0.482 e. The molecule has 7 heteroatoms. The second kappa shape index (κ2) is 10.3. The number of hydrogen-bond acceptors (Lipinski definition) is 5. The Morgan fingerprint density at radius 2 is 1.74 bits per heavy atom. The average molecular weight is 429 g/mol. The standard InChI is InChI=1S/C24H29FN2O4/c1-17(2)19-9-8-18(3)22(14-19)30-16-24(29)31-15-23(28)27-12-10-26(11-13-27)21-7-5-4-6-20(21)25/h4-9,14,17H,10-13,15-16H2,1-3H3. The van der Waals surface area contributed by atoms with Crippen LogP contribution < -0.4 is 9.64 Å². The smallest absolute Gasteiger partial charge is 0.344 e. The number of esters is 1. The van der Waals surface area contributed by atoms with Gasteiger partial charge >= 0.3 is 5.97 Å². The van der Waals surface area contributed by atoms with Gasteiger partial charge in [-0.05, 0) is 42.2 Å². The molecule has 0 aliphatic carbocycles. The van der Waals surface area contributed by atoms with Crippen molar-refractivity contribution in [1.29, 1.82) is 0 Å². The number of hydrogen-bond donors (Lipinski definition) is 0. The maximum atomic E-state index is 13.9. The van der Waals surface area contributed by atoms with Crippen molar-refractivity contribution < 1.29 is 23.5 Å². The summed E-state index contributed by atoms with van der Waals surface area (Å²) in [7, 11) is 0. The van der Waals surface area contributed by atoms with Gasteiger partial charge in [-0.15, -0.1) is 0 Å². The molecule has 1 saturated heterocycles. The molecule has 6 nitrogen and oxygen atoms in total. The number of carbonyl (C=O) groups excluding carboxylic acids is 2. The van der Waals surface area contributed by atoms with E-state index in [0.717, 1.165) is 11.1 Å². The van der Waals surface area contributed by atoms with E-state index in [0.29, 0.717) is 43.5 Å². The Morgan fingerprint density at radius 1 is 1.03 bits per heavy atom. The number of carbonyl (C=O) groups is 2. The fraction of sp³-hybridized carbons (Fsp3) is 0.417. The molecular formula is C24H29FN2O4. The van der Waals surface area contributed by atoms with Gasteiger partial charge in [0.05, 0.1) is 5.69 Å². The summed E-state index contributed by atoms with van der Waals surface area (Å²) in [6, 6.07) is 12.5. The van der Waals surface area contributed by atoms with Crippen LogP contribution in [0.3, 0.4) is 0 Å². The highest BCUT2D eigenvalue weighted by molar-refractivity contribution is 5.81. The zero-order chi connectivity index (χ0) is 22.4. The van der Waals surface area contributed by atoms with Gasteiger partial charge < -0.3 is 19.3 Å². The molecule has 166 valence electrons. The molecule has 1 aliphatic rings. The summed E-state index contributed by atoms with van der Waals surface area (Å²) in [6.07, 6.45) is 0. The van der Waals surface area contributed by atoms with Crippen LogP contribution in [-0.4, -0.2) is 56.2 Å². The Labute approximate surface area is 182 Å². The predicted molar refractivity (Wildman–Crippen MR) is 117 cm³/mol. The van der Waals surface area contributed by atoms with Gasteiger partial charge in [-0.3, -0.25) is 4.79 Å². The molecule has 0 radical (unpaired) electrons. The summed E-state index contributed by atoms with van der Waals surface area (Å²) in [5, 5.41) is 0. The van der Waals surface area contributed by atoms with Crippen LogP contribution in [0.2, 0.25) is 0 Å². The van der Waals surface area contributed by atoms with Gasteiger partial charge in [-0.1, -0.05) is 38.1 Å². The van der Waals surface area contributed by atoms with Crippen LogP contribution in [0.25, 0.3) is 0 Å². The molecule has 0 aromatic heterocycles. The van der Waals surface area contributed by atoms with Crippen LogP contribution in [0.5, 0.6) is 5.75 Å². The molecule has 2 aromatic rings. The third kappa shape index (κ3) is 5.96. The lowest BCUT2D eigenvalue weighted by Crippen LogP contribution is -2.50. The van der Waals surface area contributed by atoms with E-state index >= 15 is 0 Å². The zero-order valence-electron chi connectivity index (χ0n) is 18.3. The zero-order valence-corrected chi connectivity index (χ0v) is 18.3. The average Bonchev–Trinajstić information content (AvgIpc) is 2.77. The number of rotatable bonds is 7. The third-order valence-electron chi connectivity index (χ3n) is 5.41. The van der Waals surface area contributed by atoms with Gasteiger partial charge in [0.25, 0.3) is 5.91 Å². The highest BCUT2D eigenvalue weighted by atomic mass is 19.1. The second-order valence-corrected chi connectivity index (χ2v) is 7.95. The van der Waals surface area contributed by atoms with Crippen LogP contribution in [0.1, 0.15) is 30.9 Å². The van der Waals surface area contributed by atoms with Gasteiger partial charge in [-0.25, -0.2) is 9.18 Å². The molecule has 0 bridgehead atoms. The fourth-order valence-electron chi connectivity index (χ4n) is 3.45. The molecule has 3 rings (SSSR count). The Morgan fingerprint density at radius 3 is 2.42 bits per heavy atom. The summed E-state index contributed by atoms with van der Waals surface area (Å²) in [5.41, 5.74) is 2.59. The highest BCUT2D eigenvalue weighted by Gasteiger charge is 2.23. The minimum atomic E-state index is -0.590. The Bertz CT molecular complexity index is 924. The van der Waals surface area contributed by atoms with Crippen LogP contribution in [0.4, 0.5) is 10.1 Å². The summed E-state index contributed by atoms with van der Waals surface area (Å²) in [6.45, 7) is 7.45. The summed E-state index contributed by atoms with van der Waals surface area (Å²) in [4.78, 5) is 28.0. The predicted octanol–water partition coefficient (Wildman–Crippen LogP) is 3.53. The minimum Gasteiger partial charge on any atom is -0.482 e. The number of para-hydroxylation sites is 1. The molecular weight excluding hydrogens is 399 g/mol. The lowest BCUT2D eigenvalue weighted by molar-refractivity contribution is -0.153.